The van der Waals surface area contributed by atoms with Crippen LogP contribution in [-0.4, -0.2) is 15.7 Å². The van der Waals surface area contributed by atoms with E-state index < -0.39 is 0 Å². The summed E-state index contributed by atoms with van der Waals surface area (Å²) >= 11 is 6.02. The van der Waals surface area contributed by atoms with Crippen molar-refractivity contribution in [2.45, 2.75) is 19.8 Å². The van der Waals surface area contributed by atoms with E-state index in [2.05, 4.69) is 10.4 Å². The average Bonchev–Trinajstić information content (AvgIpc) is 2.90. The molecule has 2 aromatic carbocycles. The van der Waals surface area contributed by atoms with Crippen LogP contribution in [0.4, 0.5) is 10.1 Å². The normalized spacial score (nSPS) is 10.7. The Morgan fingerprint density at radius 2 is 1.88 bits per heavy atom. The van der Waals surface area contributed by atoms with Gasteiger partial charge in [-0.05, 0) is 49.7 Å². The Bertz CT molecular complexity index is 993. The minimum Gasteiger partial charge on any atom is -0.325 e. The first kappa shape index (κ1) is 17.9. The fourth-order valence-corrected chi connectivity index (χ4v) is 2.84. The molecule has 3 aromatic rings. The lowest BCUT2D eigenvalue weighted by molar-refractivity contribution is -0.116. The van der Waals surface area contributed by atoms with Gasteiger partial charge < -0.3 is 5.32 Å². The van der Waals surface area contributed by atoms with E-state index in [1.807, 2.05) is 0 Å². The number of rotatable bonds is 5. The monoisotopic (exact) mass is 373 g/mol. The number of benzene rings is 2. The fourth-order valence-electron chi connectivity index (χ4n) is 2.66. The molecule has 0 aliphatic carbocycles. The quantitative estimate of drug-likeness (QED) is 0.713. The molecule has 0 aliphatic heterocycles. The number of aryl methyl sites for hydroxylation is 1. The van der Waals surface area contributed by atoms with Gasteiger partial charge in [-0.1, -0.05) is 23.7 Å². The van der Waals surface area contributed by atoms with Crippen molar-refractivity contribution in [3.63, 3.8) is 0 Å². The van der Waals surface area contributed by atoms with Gasteiger partial charge >= 0.3 is 0 Å². The van der Waals surface area contributed by atoms with Crippen LogP contribution in [0, 0.1) is 12.7 Å². The number of hydrogen-bond donors (Lipinski definition) is 2. The molecule has 0 aliphatic rings. The van der Waals surface area contributed by atoms with E-state index in [4.69, 9.17) is 11.6 Å². The second-order valence-corrected chi connectivity index (χ2v) is 6.27. The van der Waals surface area contributed by atoms with Gasteiger partial charge in [-0.15, -0.1) is 0 Å². The number of para-hydroxylation sites is 1. The topological polar surface area (TPSA) is 66.9 Å². The van der Waals surface area contributed by atoms with Crippen LogP contribution in [0.5, 0.6) is 0 Å². The smallest absolute Gasteiger partial charge is 0.274 e. The molecule has 26 heavy (non-hydrogen) atoms. The summed E-state index contributed by atoms with van der Waals surface area (Å²) in [6, 6.07) is 12.6. The van der Waals surface area contributed by atoms with Gasteiger partial charge in [0.2, 0.25) is 5.91 Å². The van der Waals surface area contributed by atoms with Crippen LogP contribution in [0.3, 0.4) is 0 Å². The number of aromatic amines is 1. The first-order valence-electron chi connectivity index (χ1n) is 8.06. The third-order valence-corrected chi connectivity index (χ3v) is 4.36. The maximum Gasteiger partial charge on any atom is 0.274 e. The highest BCUT2D eigenvalue weighted by atomic mass is 35.5. The minimum atomic E-state index is -0.374. The number of H-pyrrole nitrogens is 1. The molecule has 0 saturated carbocycles. The van der Waals surface area contributed by atoms with Crippen LogP contribution in [0.2, 0.25) is 5.02 Å². The number of hydrogen-bond acceptors (Lipinski definition) is 2. The molecule has 3 rings (SSSR count). The average molecular weight is 374 g/mol. The zero-order valence-electron chi connectivity index (χ0n) is 14.1. The van der Waals surface area contributed by atoms with Crippen LogP contribution >= 0.6 is 11.6 Å². The van der Waals surface area contributed by atoms with Crippen LogP contribution in [-0.2, 0) is 11.2 Å². The molecule has 2 N–H and O–H groups in total. The maximum absolute atomic E-state index is 13.1. The highest BCUT2D eigenvalue weighted by Gasteiger charge is 2.14. The van der Waals surface area contributed by atoms with E-state index in [9.17, 15) is 14.0 Å². The first-order valence-corrected chi connectivity index (χ1v) is 8.44. The zero-order valence-corrected chi connectivity index (χ0v) is 14.8. The summed E-state index contributed by atoms with van der Waals surface area (Å²) in [5.74, 6) is -0.604. The summed E-state index contributed by atoms with van der Waals surface area (Å²) in [6.07, 6.45) is 0.425. The van der Waals surface area contributed by atoms with Crippen molar-refractivity contribution in [3.05, 3.63) is 81.0 Å². The van der Waals surface area contributed by atoms with Gasteiger partial charge in [0.15, 0.2) is 0 Å². The van der Waals surface area contributed by atoms with Gasteiger partial charge in [-0.2, -0.15) is 0 Å². The largest absolute Gasteiger partial charge is 0.325 e. The van der Waals surface area contributed by atoms with Crippen molar-refractivity contribution < 1.29 is 9.18 Å². The Morgan fingerprint density at radius 1 is 1.19 bits per heavy atom. The van der Waals surface area contributed by atoms with Crippen molar-refractivity contribution in [3.8, 4) is 5.69 Å². The maximum atomic E-state index is 13.1. The summed E-state index contributed by atoms with van der Waals surface area (Å²) in [7, 11) is 0. The Labute approximate surface area is 154 Å². The van der Waals surface area contributed by atoms with Gasteiger partial charge in [0.05, 0.1) is 16.4 Å². The lowest BCUT2D eigenvalue weighted by Gasteiger charge is -2.06. The second kappa shape index (κ2) is 7.58. The third-order valence-electron chi connectivity index (χ3n) is 4.03. The van der Waals surface area contributed by atoms with Gasteiger partial charge in [0, 0.05) is 17.7 Å². The van der Waals surface area contributed by atoms with E-state index in [1.165, 1.54) is 28.9 Å². The molecule has 0 bridgehead atoms. The standard InChI is InChI=1S/C19H17ClFN3O2/c1-12-15(10-11-18(25)22-17-5-3-2-4-16(17)20)19(26)24(23-12)14-8-6-13(21)7-9-14/h2-9,23H,10-11H2,1H3,(H,22,25). The van der Waals surface area contributed by atoms with Crippen LogP contribution in [0.25, 0.3) is 5.69 Å². The molecule has 0 unspecified atom stereocenters. The number of nitrogens with one attached hydrogen (secondary N) is 2. The number of halogens is 2. The number of anilines is 1. The molecule has 7 heteroatoms. The van der Waals surface area contributed by atoms with Crippen LogP contribution in [0.1, 0.15) is 17.7 Å². The molecule has 0 spiro atoms. The van der Waals surface area contributed by atoms with E-state index in [0.717, 1.165) is 0 Å². The summed E-state index contributed by atoms with van der Waals surface area (Å²) in [4.78, 5) is 24.7. The van der Waals surface area contributed by atoms with Crippen molar-refractivity contribution >= 4 is 23.2 Å². The number of carbonyl (C=O) groups excluding carboxylic acids is 1. The van der Waals surface area contributed by atoms with Crippen LogP contribution in [0.15, 0.2) is 53.3 Å². The van der Waals surface area contributed by atoms with E-state index >= 15 is 0 Å². The summed E-state index contributed by atoms with van der Waals surface area (Å²) in [5, 5.41) is 6.15. The molecule has 1 aromatic heterocycles. The molecule has 0 fully saturated rings. The number of nitrogens with zero attached hydrogens (tertiary/aromatic N) is 1. The van der Waals surface area contributed by atoms with Crippen molar-refractivity contribution in [1.29, 1.82) is 0 Å². The molecular weight excluding hydrogens is 357 g/mol. The Kier molecular flexibility index (Phi) is 5.23. The highest BCUT2D eigenvalue weighted by Crippen LogP contribution is 2.20. The molecular formula is C19H17ClFN3O2. The van der Waals surface area contributed by atoms with Crippen molar-refractivity contribution in [2.75, 3.05) is 5.32 Å². The Balaban J connectivity index is 1.72. The summed E-state index contributed by atoms with van der Waals surface area (Å²) < 4.78 is 14.4. The predicted molar refractivity (Wildman–Crippen MR) is 99.5 cm³/mol. The third kappa shape index (κ3) is 3.86. The fraction of sp³-hybridized carbons (Fsp3) is 0.158. The van der Waals surface area contributed by atoms with Crippen LogP contribution < -0.4 is 10.9 Å². The molecule has 0 radical (unpaired) electrons. The number of amides is 1. The summed E-state index contributed by atoms with van der Waals surface area (Å²) in [5.41, 5.74) is 2.01. The Hall–Kier alpha value is -2.86. The van der Waals surface area contributed by atoms with Crippen molar-refractivity contribution in [1.82, 2.24) is 9.78 Å². The molecule has 5 nitrogen and oxygen atoms in total. The van der Waals surface area contributed by atoms with E-state index in [-0.39, 0.29) is 30.1 Å². The zero-order chi connectivity index (χ0) is 18.7. The van der Waals surface area contributed by atoms with Gasteiger partial charge in [-0.3, -0.25) is 14.7 Å². The molecule has 1 amide bonds. The predicted octanol–water partition coefficient (Wildman–Crippen LogP) is 3.84. The molecule has 1 heterocycles. The SMILES string of the molecule is Cc1[nH]n(-c2ccc(F)cc2)c(=O)c1CCC(=O)Nc1ccccc1Cl. The lowest BCUT2D eigenvalue weighted by atomic mass is 10.1. The van der Waals surface area contributed by atoms with E-state index in [1.54, 1.807) is 31.2 Å². The number of aromatic nitrogens is 2. The highest BCUT2D eigenvalue weighted by molar-refractivity contribution is 6.33. The Morgan fingerprint density at radius 3 is 2.58 bits per heavy atom. The lowest BCUT2D eigenvalue weighted by Crippen LogP contribution is -2.19. The number of carbonyl (C=O) groups is 1. The minimum absolute atomic E-state index is 0.141. The van der Waals surface area contributed by atoms with Gasteiger partial charge in [0.25, 0.3) is 5.56 Å². The molecule has 134 valence electrons. The van der Waals surface area contributed by atoms with Crippen molar-refractivity contribution in [2.24, 2.45) is 0 Å². The molecule has 0 atom stereocenters. The molecule has 0 saturated heterocycles. The van der Waals surface area contributed by atoms with Gasteiger partial charge in [0.1, 0.15) is 5.82 Å². The first-order chi connectivity index (χ1) is 12.5. The summed E-state index contributed by atoms with van der Waals surface area (Å²) in [6.45, 7) is 1.77. The van der Waals surface area contributed by atoms with Gasteiger partial charge in [-0.25, -0.2) is 9.07 Å². The van der Waals surface area contributed by atoms with E-state index in [0.29, 0.717) is 27.7 Å². The second-order valence-electron chi connectivity index (χ2n) is 5.86.